The fourth-order valence-electron chi connectivity index (χ4n) is 1.42. The maximum Gasteiger partial charge on any atom is 0.245 e. The van der Waals surface area contributed by atoms with Crippen molar-refractivity contribution in [1.82, 2.24) is 0 Å². The number of halogens is 3. The molecule has 18 heavy (non-hydrogen) atoms. The van der Waals surface area contributed by atoms with Crippen LogP contribution in [0.15, 0.2) is 49.8 Å². The van der Waals surface area contributed by atoms with Crippen LogP contribution in [0.2, 0.25) is 0 Å². The van der Waals surface area contributed by atoms with Crippen molar-refractivity contribution in [3.8, 4) is 11.3 Å². The average molecular weight is 390 g/mol. The van der Waals surface area contributed by atoms with Gasteiger partial charge in [0.2, 0.25) is 5.24 Å². The molecule has 1 aromatic heterocycles. The highest BCUT2D eigenvalue weighted by atomic mass is 79.9. The predicted octanol–water partition coefficient (Wildman–Crippen LogP) is 5.25. The van der Waals surface area contributed by atoms with Crippen molar-refractivity contribution in [3.05, 3.63) is 51.1 Å². The molecule has 0 saturated heterocycles. The van der Waals surface area contributed by atoms with Gasteiger partial charge in [-0.3, -0.25) is 4.79 Å². The number of hydrogen-bond acceptors (Lipinski definition) is 2. The number of carbonyl (C=O) groups is 1. The van der Waals surface area contributed by atoms with Crippen molar-refractivity contribution in [2.45, 2.75) is 0 Å². The first-order chi connectivity index (χ1) is 8.56. The van der Waals surface area contributed by atoms with E-state index >= 15 is 0 Å². The number of carbonyl (C=O) groups excluding carboxylic acids is 1. The third-order valence-corrected chi connectivity index (χ3v) is 3.48. The summed E-state index contributed by atoms with van der Waals surface area (Å²) in [5.74, 6) is 1.30. The van der Waals surface area contributed by atoms with Gasteiger partial charge in [0.25, 0.3) is 0 Å². The second kappa shape index (κ2) is 5.87. The Balaban J connectivity index is 2.32. The maximum absolute atomic E-state index is 10.6. The lowest BCUT2D eigenvalue weighted by molar-refractivity contribution is -0.107. The molecule has 92 valence electrons. The third-order valence-electron chi connectivity index (χ3n) is 2.20. The average Bonchev–Trinajstić information content (AvgIpc) is 2.75. The topological polar surface area (TPSA) is 30.2 Å². The molecule has 0 radical (unpaired) electrons. The monoisotopic (exact) mass is 388 g/mol. The van der Waals surface area contributed by atoms with Crippen molar-refractivity contribution in [2.24, 2.45) is 0 Å². The van der Waals surface area contributed by atoms with Crippen LogP contribution in [0.5, 0.6) is 0 Å². The van der Waals surface area contributed by atoms with Crippen LogP contribution in [0, 0.1) is 0 Å². The highest BCUT2D eigenvalue weighted by Gasteiger charge is 2.07. The molecule has 0 fully saturated rings. The fraction of sp³-hybridized carbons (Fsp3) is 0. The molecule has 0 aliphatic carbocycles. The molecule has 0 unspecified atom stereocenters. The Labute approximate surface area is 126 Å². The highest BCUT2D eigenvalue weighted by Crippen LogP contribution is 2.32. The minimum absolute atomic E-state index is 0.530. The molecule has 0 aliphatic rings. The molecule has 5 heteroatoms. The molecule has 0 N–H and O–H groups in total. The first kappa shape index (κ1) is 13.6. The molecule has 0 spiro atoms. The van der Waals surface area contributed by atoms with Crippen molar-refractivity contribution in [2.75, 3.05) is 0 Å². The number of rotatable bonds is 3. The summed E-state index contributed by atoms with van der Waals surface area (Å²) in [5.41, 5.74) is 0.940. The van der Waals surface area contributed by atoms with Gasteiger partial charge in [-0.1, -0.05) is 15.9 Å². The number of furan rings is 1. The van der Waals surface area contributed by atoms with Crippen molar-refractivity contribution in [1.29, 1.82) is 0 Å². The van der Waals surface area contributed by atoms with Gasteiger partial charge >= 0.3 is 0 Å². The van der Waals surface area contributed by atoms with Crippen LogP contribution in [0.1, 0.15) is 5.76 Å². The molecule has 0 saturated carbocycles. The van der Waals surface area contributed by atoms with Gasteiger partial charge in [-0.2, -0.15) is 0 Å². The standard InChI is InChI=1S/C13H7Br2ClO2/c14-8-1-4-10(11(15)7-8)12-5-2-9(18-12)3-6-13(16)17/h1-7H/b6-3+. The molecule has 2 nitrogen and oxygen atoms in total. The lowest BCUT2D eigenvalue weighted by atomic mass is 10.2. The summed E-state index contributed by atoms with van der Waals surface area (Å²) >= 11 is 12.1. The maximum atomic E-state index is 10.6. The van der Waals surface area contributed by atoms with Crippen LogP contribution in [0.25, 0.3) is 17.4 Å². The zero-order valence-electron chi connectivity index (χ0n) is 8.99. The summed E-state index contributed by atoms with van der Waals surface area (Å²) in [6.45, 7) is 0. The van der Waals surface area contributed by atoms with Gasteiger partial charge < -0.3 is 4.42 Å². The Morgan fingerprint density at radius 1 is 1.22 bits per heavy atom. The first-order valence-corrected chi connectivity index (χ1v) is 6.95. The molecular formula is C13H7Br2ClO2. The Hall–Kier alpha value is -0.840. The van der Waals surface area contributed by atoms with E-state index in [9.17, 15) is 4.79 Å². The van der Waals surface area contributed by atoms with Crippen molar-refractivity contribution >= 4 is 54.8 Å². The number of hydrogen-bond donors (Lipinski definition) is 0. The molecule has 2 rings (SSSR count). The number of benzene rings is 1. The highest BCUT2D eigenvalue weighted by molar-refractivity contribution is 9.11. The van der Waals surface area contributed by atoms with E-state index in [1.807, 2.05) is 24.3 Å². The SMILES string of the molecule is O=C(Cl)/C=C/c1ccc(-c2ccc(Br)cc2Br)o1. The zero-order valence-corrected chi connectivity index (χ0v) is 12.9. The molecule has 2 aromatic rings. The Morgan fingerprint density at radius 2 is 2.00 bits per heavy atom. The molecule has 0 atom stereocenters. The Morgan fingerprint density at radius 3 is 2.67 bits per heavy atom. The normalized spacial score (nSPS) is 11.1. The summed E-state index contributed by atoms with van der Waals surface area (Å²) in [6.07, 6.45) is 2.78. The van der Waals surface area contributed by atoms with E-state index < -0.39 is 5.24 Å². The van der Waals surface area contributed by atoms with Crippen molar-refractivity contribution in [3.63, 3.8) is 0 Å². The van der Waals surface area contributed by atoms with Gasteiger partial charge in [-0.05, 0) is 63.9 Å². The lowest BCUT2D eigenvalue weighted by Crippen LogP contribution is -1.77. The van der Waals surface area contributed by atoms with E-state index in [0.29, 0.717) is 5.76 Å². The minimum Gasteiger partial charge on any atom is -0.457 e. The summed E-state index contributed by atoms with van der Waals surface area (Å²) in [7, 11) is 0. The fourth-order valence-corrected chi connectivity index (χ4v) is 2.73. The Kier molecular flexibility index (Phi) is 4.43. The van der Waals surface area contributed by atoms with Gasteiger partial charge in [-0.25, -0.2) is 0 Å². The minimum atomic E-state index is -0.530. The summed E-state index contributed by atoms with van der Waals surface area (Å²) in [5, 5.41) is -0.530. The van der Waals surface area contributed by atoms with Gasteiger partial charge in [0.05, 0.1) is 0 Å². The smallest absolute Gasteiger partial charge is 0.245 e. The number of allylic oxidation sites excluding steroid dienone is 1. The van der Waals surface area contributed by atoms with Crippen LogP contribution in [0.3, 0.4) is 0 Å². The van der Waals surface area contributed by atoms with Gasteiger partial charge in [-0.15, -0.1) is 0 Å². The van der Waals surface area contributed by atoms with Gasteiger partial charge in [0.15, 0.2) is 0 Å². The molecular weight excluding hydrogens is 383 g/mol. The predicted molar refractivity (Wildman–Crippen MR) is 79.4 cm³/mol. The van der Waals surface area contributed by atoms with E-state index in [1.165, 1.54) is 12.2 Å². The van der Waals surface area contributed by atoms with Crippen molar-refractivity contribution < 1.29 is 9.21 Å². The molecule has 1 aromatic carbocycles. The largest absolute Gasteiger partial charge is 0.457 e. The van der Waals surface area contributed by atoms with E-state index in [1.54, 1.807) is 6.07 Å². The Bertz CT molecular complexity index is 617. The third kappa shape index (κ3) is 3.34. The molecule has 0 bridgehead atoms. The quantitative estimate of drug-likeness (QED) is 0.529. The summed E-state index contributed by atoms with van der Waals surface area (Å²) in [4.78, 5) is 10.6. The van der Waals surface area contributed by atoms with Gasteiger partial charge in [0, 0.05) is 20.6 Å². The zero-order chi connectivity index (χ0) is 13.1. The molecule has 0 amide bonds. The van der Waals surface area contributed by atoms with E-state index in [0.717, 1.165) is 20.3 Å². The van der Waals surface area contributed by atoms with Crippen LogP contribution in [-0.2, 0) is 4.79 Å². The van der Waals surface area contributed by atoms with Crippen LogP contribution >= 0.6 is 43.5 Å². The second-order valence-corrected chi connectivity index (χ2v) is 5.61. The van der Waals surface area contributed by atoms with E-state index in [-0.39, 0.29) is 0 Å². The molecule has 0 aliphatic heterocycles. The summed E-state index contributed by atoms with van der Waals surface area (Å²) in [6, 6.07) is 9.43. The van der Waals surface area contributed by atoms with E-state index in [2.05, 4.69) is 31.9 Å². The first-order valence-electron chi connectivity index (χ1n) is 4.99. The van der Waals surface area contributed by atoms with Crippen LogP contribution in [-0.4, -0.2) is 5.24 Å². The summed E-state index contributed by atoms with van der Waals surface area (Å²) < 4.78 is 7.51. The lowest BCUT2D eigenvalue weighted by Gasteiger charge is -2.01. The second-order valence-electron chi connectivity index (χ2n) is 3.46. The van der Waals surface area contributed by atoms with E-state index in [4.69, 9.17) is 16.0 Å². The van der Waals surface area contributed by atoms with Gasteiger partial charge in [0.1, 0.15) is 11.5 Å². The van der Waals surface area contributed by atoms with Crippen LogP contribution < -0.4 is 0 Å². The van der Waals surface area contributed by atoms with Crippen LogP contribution in [0.4, 0.5) is 0 Å². The molecule has 1 heterocycles.